The Balaban J connectivity index is 1.86. The van der Waals surface area contributed by atoms with Crippen LogP contribution in [0.5, 0.6) is 5.75 Å². The van der Waals surface area contributed by atoms with Crippen LogP contribution in [0, 0.1) is 12.7 Å². The number of methoxy groups -OCH3 is 1. The molecule has 3 rings (SSSR count). The molecule has 0 radical (unpaired) electrons. The molecule has 6 nitrogen and oxygen atoms in total. The molecule has 0 aliphatic rings. The monoisotopic (exact) mass is 442 g/mol. The Morgan fingerprint density at radius 2 is 1.65 bits per heavy atom. The quantitative estimate of drug-likeness (QED) is 0.578. The van der Waals surface area contributed by atoms with Gasteiger partial charge in [0.05, 0.1) is 17.7 Å². The van der Waals surface area contributed by atoms with Gasteiger partial charge in [-0.3, -0.25) is 9.10 Å². The molecule has 0 aliphatic heterocycles. The topological polar surface area (TPSA) is 75.7 Å². The highest BCUT2D eigenvalue weighted by atomic mass is 32.2. The number of halogens is 1. The van der Waals surface area contributed by atoms with Gasteiger partial charge in [-0.15, -0.1) is 0 Å². The molecule has 0 spiro atoms. The fourth-order valence-electron chi connectivity index (χ4n) is 2.92. The maximum atomic E-state index is 13.8. The Bertz CT molecular complexity index is 1150. The molecule has 8 heteroatoms. The van der Waals surface area contributed by atoms with Crippen molar-refractivity contribution < 1.29 is 22.3 Å². The van der Waals surface area contributed by atoms with Gasteiger partial charge in [-0.05, 0) is 49.4 Å². The smallest absolute Gasteiger partial charge is 0.264 e. The van der Waals surface area contributed by atoms with Crippen LogP contribution in [0.3, 0.4) is 0 Å². The van der Waals surface area contributed by atoms with E-state index in [2.05, 4.69) is 5.32 Å². The molecule has 162 valence electrons. The van der Waals surface area contributed by atoms with Crippen LogP contribution >= 0.6 is 0 Å². The number of aryl methyl sites for hydroxylation is 1. The molecule has 0 aromatic heterocycles. The van der Waals surface area contributed by atoms with Gasteiger partial charge in [0.25, 0.3) is 10.0 Å². The van der Waals surface area contributed by atoms with Gasteiger partial charge in [-0.1, -0.05) is 35.9 Å². The number of benzene rings is 3. The van der Waals surface area contributed by atoms with Gasteiger partial charge >= 0.3 is 0 Å². The molecule has 3 aromatic carbocycles. The summed E-state index contributed by atoms with van der Waals surface area (Å²) in [5, 5.41) is 2.59. The molecule has 0 atom stereocenters. The number of anilines is 1. The fraction of sp³-hybridized carbons (Fsp3) is 0.174. The largest absolute Gasteiger partial charge is 0.497 e. The van der Waals surface area contributed by atoms with Gasteiger partial charge in [0.1, 0.15) is 18.1 Å². The number of nitrogens with zero attached hydrogens (tertiary/aromatic N) is 1. The highest BCUT2D eigenvalue weighted by Crippen LogP contribution is 2.25. The van der Waals surface area contributed by atoms with E-state index in [0.717, 1.165) is 9.87 Å². The number of hydrogen-bond acceptors (Lipinski definition) is 4. The van der Waals surface area contributed by atoms with Crippen LogP contribution in [0.2, 0.25) is 0 Å². The lowest BCUT2D eigenvalue weighted by Crippen LogP contribution is -2.40. The first-order chi connectivity index (χ1) is 14.8. The van der Waals surface area contributed by atoms with Gasteiger partial charge in [0.2, 0.25) is 5.91 Å². The van der Waals surface area contributed by atoms with Crippen molar-refractivity contribution in [2.75, 3.05) is 18.0 Å². The van der Waals surface area contributed by atoms with Crippen LogP contribution < -0.4 is 14.4 Å². The number of hydrogen-bond donors (Lipinski definition) is 1. The van der Waals surface area contributed by atoms with Crippen LogP contribution in [0.4, 0.5) is 10.1 Å². The lowest BCUT2D eigenvalue weighted by molar-refractivity contribution is -0.119. The number of rotatable bonds is 8. The van der Waals surface area contributed by atoms with Crippen LogP contribution in [-0.2, 0) is 21.4 Å². The second-order valence-electron chi connectivity index (χ2n) is 6.89. The van der Waals surface area contributed by atoms with Gasteiger partial charge < -0.3 is 10.1 Å². The van der Waals surface area contributed by atoms with E-state index in [9.17, 15) is 17.6 Å². The van der Waals surface area contributed by atoms with Crippen molar-refractivity contribution in [3.05, 3.63) is 89.7 Å². The Hall–Kier alpha value is -3.39. The molecule has 0 unspecified atom stereocenters. The number of sulfonamides is 1. The van der Waals surface area contributed by atoms with Crippen LogP contribution in [0.1, 0.15) is 11.1 Å². The summed E-state index contributed by atoms with van der Waals surface area (Å²) in [6.07, 6.45) is 0. The number of carbonyl (C=O) groups is 1. The Morgan fingerprint density at radius 3 is 2.26 bits per heavy atom. The minimum Gasteiger partial charge on any atom is -0.497 e. The van der Waals surface area contributed by atoms with E-state index in [1.165, 1.54) is 25.3 Å². The molecule has 1 amide bonds. The first-order valence-corrected chi connectivity index (χ1v) is 11.0. The molecular formula is C23H23FN2O4S. The van der Waals surface area contributed by atoms with E-state index >= 15 is 0 Å². The zero-order chi connectivity index (χ0) is 22.4. The molecule has 3 aromatic rings. The number of amides is 1. The number of ether oxygens (including phenoxy) is 1. The van der Waals surface area contributed by atoms with Crippen molar-refractivity contribution in [3.8, 4) is 5.75 Å². The average Bonchev–Trinajstić information content (AvgIpc) is 2.77. The summed E-state index contributed by atoms with van der Waals surface area (Å²) < 4.78 is 46.6. The molecule has 31 heavy (non-hydrogen) atoms. The van der Waals surface area contributed by atoms with E-state index in [-0.39, 0.29) is 11.4 Å². The Kier molecular flexibility index (Phi) is 6.91. The van der Waals surface area contributed by atoms with Crippen molar-refractivity contribution in [1.82, 2.24) is 5.32 Å². The minimum atomic E-state index is -4.04. The molecule has 0 saturated heterocycles. The lowest BCUT2D eigenvalue weighted by Gasteiger charge is -2.24. The molecule has 0 aliphatic carbocycles. The van der Waals surface area contributed by atoms with Gasteiger partial charge in [-0.2, -0.15) is 0 Å². The molecular weight excluding hydrogens is 419 g/mol. The lowest BCUT2D eigenvalue weighted by atomic mass is 10.2. The zero-order valence-corrected chi connectivity index (χ0v) is 18.0. The number of nitrogens with one attached hydrogen (secondary N) is 1. The fourth-order valence-corrected chi connectivity index (χ4v) is 4.34. The van der Waals surface area contributed by atoms with E-state index in [1.807, 2.05) is 6.92 Å². The molecule has 0 saturated carbocycles. The Morgan fingerprint density at radius 1 is 1.00 bits per heavy atom. The third-order valence-electron chi connectivity index (χ3n) is 4.69. The SMILES string of the molecule is COc1ccc(S(=O)(=O)N(CC(=O)NCc2ccccc2F)c2ccc(C)cc2)cc1. The van der Waals surface area contributed by atoms with Crippen molar-refractivity contribution in [3.63, 3.8) is 0 Å². The summed E-state index contributed by atoms with van der Waals surface area (Å²) in [6, 6.07) is 18.8. The third-order valence-corrected chi connectivity index (χ3v) is 6.48. The van der Waals surface area contributed by atoms with E-state index in [1.54, 1.807) is 54.6 Å². The summed E-state index contributed by atoms with van der Waals surface area (Å²) in [6.45, 7) is 1.38. The standard InChI is InChI=1S/C23H23FN2O4S/c1-17-7-9-19(10-8-17)26(31(28,29)21-13-11-20(30-2)12-14-21)16-23(27)25-15-18-5-3-4-6-22(18)24/h3-14H,15-16H2,1-2H3,(H,25,27). The summed E-state index contributed by atoms with van der Waals surface area (Å²) in [7, 11) is -2.55. The van der Waals surface area contributed by atoms with Gasteiger partial charge in [-0.25, -0.2) is 12.8 Å². The summed E-state index contributed by atoms with van der Waals surface area (Å²) in [5.74, 6) is -0.478. The molecule has 0 heterocycles. The number of carbonyl (C=O) groups excluding carboxylic acids is 1. The van der Waals surface area contributed by atoms with Crippen LogP contribution in [-0.4, -0.2) is 28.0 Å². The maximum Gasteiger partial charge on any atom is 0.264 e. The van der Waals surface area contributed by atoms with Crippen molar-refractivity contribution >= 4 is 21.6 Å². The normalized spacial score (nSPS) is 11.1. The van der Waals surface area contributed by atoms with Crippen LogP contribution in [0.15, 0.2) is 77.7 Å². The van der Waals surface area contributed by atoms with Crippen molar-refractivity contribution in [1.29, 1.82) is 0 Å². The summed E-state index contributed by atoms with van der Waals surface area (Å²) in [4.78, 5) is 12.6. The second-order valence-corrected chi connectivity index (χ2v) is 8.75. The first-order valence-electron chi connectivity index (χ1n) is 9.55. The van der Waals surface area contributed by atoms with E-state index < -0.39 is 28.3 Å². The van der Waals surface area contributed by atoms with Gasteiger partial charge in [0.15, 0.2) is 0 Å². The molecule has 1 N–H and O–H groups in total. The van der Waals surface area contributed by atoms with E-state index in [0.29, 0.717) is 17.0 Å². The average molecular weight is 443 g/mol. The third kappa shape index (κ3) is 5.40. The maximum absolute atomic E-state index is 13.8. The predicted octanol–water partition coefficient (Wildman–Crippen LogP) is 3.65. The molecule has 0 fully saturated rings. The van der Waals surface area contributed by atoms with Crippen LogP contribution in [0.25, 0.3) is 0 Å². The highest BCUT2D eigenvalue weighted by Gasteiger charge is 2.27. The second kappa shape index (κ2) is 9.61. The minimum absolute atomic E-state index is 0.0239. The van der Waals surface area contributed by atoms with Crippen molar-refractivity contribution in [2.45, 2.75) is 18.4 Å². The Labute approximate surface area is 181 Å². The predicted molar refractivity (Wildman–Crippen MR) is 117 cm³/mol. The van der Waals surface area contributed by atoms with Crippen molar-refractivity contribution in [2.24, 2.45) is 0 Å². The summed E-state index contributed by atoms with van der Waals surface area (Å²) >= 11 is 0. The first kappa shape index (κ1) is 22.3. The van der Waals surface area contributed by atoms with E-state index in [4.69, 9.17) is 4.74 Å². The molecule has 0 bridgehead atoms. The van der Waals surface area contributed by atoms with Gasteiger partial charge in [0, 0.05) is 12.1 Å². The zero-order valence-electron chi connectivity index (χ0n) is 17.2. The summed E-state index contributed by atoms with van der Waals surface area (Å²) in [5.41, 5.74) is 1.62. The highest BCUT2D eigenvalue weighted by molar-refractivity contribution is 7.92.